The summed E-state index contributed by atoms with van der Waals surface area (Å²) in [5.41, 5.74) is -0.873. The first-order chi connectivity index (χ1) is 11.8. The minimum Gasteiger partial charge on any atom is -0.438 e. The normalized spacial score (nSPS) is 22.3. The molecule has 11 heteroatoms. The average Bonchev–Trinajstić information content (AvgIpc) is 2.98. The van der Waals surface area contributed by atoms with E-state index in [1.807, 2.05) is 0 Å². The smallest absolute Gasteiger partial charge is 0.438 e. The predicted molar refractivity (Wildman–Crippen MR) is 80.2 cm³/mol. The Morgan fingerprint density at radius 1 is 1.28 bits per heavy atom. The van der Waals surface area contributed by atoms with Gasteiger partial charge in [0, 0.05) is 18.2 Å². The van der Waals surface area contributed by atoms with Crippen molar-refractivity contribution in [3.05, 3.63) is 32.6 Å². The van der Waals surface area contributed by atoms with Gasteiger partial charge in [-0.2, -0.15) is 0 Å². The van der Waals surface area contributed by atoms with Crippen LogP contribution in [0.5, 0.6) is 0 Å². The summed E-state index contributed by atoms with van der Waals surface area (Å²) in [5, 5.41) is 0. The third-order valence-electron chi connectivity index (χ3n) is 3.58. The van der Waals surface area contributed by atoms with E-state index in [1.165, 1.54) is 17.7 Å². The predicted octanol–water partition coefficient (Wildman–Crippen LogP) is 0.0671. The van der Waals surface area contributed by atoms with Crippen LogP contribution < -0.4 is 11.2 Å². The van der Waals surface area contributed by atoms with Gasteiger partial charge < -0.3 is 23.7 Å². The second-order valence-corrected chi connectivity index (χ2v) is 5.22. The first-order valence-electron chi connectivity index (χ1n) is 7.28. The maximum Gasteiger partial charge on any atom is 0.508 e. The summed E-state index contributed by atoms with van der Waals surface area (Å²) < 4.78 is 25.5. The molecule has 0 aromatic carbocycles. The summed E-state index contributed by atoms with van der Waals surface area (Å²) in [6.07, 6.45) is -2.95. The summed E-state index contributed by atoms with van der Waals surface area (Å²) in [6, 6.07) is 0. The van der Waals surface area contributed by atoms with Crippen molar-refractivity contribution in [3.63, 3.8) is 0 Å². The number of aromatic amines is 1. The van der Waals surface area contributed by atoms with Gasteiger partial charge >= 0.3 is 18.0 Å². The van der Waals surface area contributed by atoms with Crippen LogP contribution >= 0.6 is 0 Å². The lowest BCUT2D eigenvalue weighted by Crippen LogP contribution is -2.33. The van der Waals surface area contributed by atoms with Gasteiger partial charge in [-0.1, -0.05) is 0 Å². The molecule has 1 aliphatic heterocycles. The molecule has 2 heterocycles. The monoisotopic (exact) mass is 358 g/mol. The highest BCUT2D eigenvalue weighted by Gasteiger charge is 2.40. The lowest BCUT2D eigenvalue weighted by Gasteiger charge is -2.17. The number of aromatic nitrogens is 2. The molecule has 2 rings (SSSR count). The number of nitrogens with one attached hydrogen (secondary N) is 1. The van der Waals surface area contributed by atoms with Crippen LogP contribution in [0.2, 0.25) is 0 Å². The molecule has 0 radical (unpaired) electrons. The van der Waals surface area contributed by atoms with Gasteiger partial charge in [0.1, 0.15) is 25.0 Å². The first kappa shape index (κ1) is 18.5. The van der Waals surface area contributed by atoms with E-state index in [2.05, 4.69) is 14.5 Å². The van der Waals surface area contributed by atoms with Crippen molar-refractivity contribution in [3.8, 4) is 0 Å². The Labute approximate surface area is 141 Å². The fraction of sp³-hybridized carbons (Fsp3) is 0.571. The fourth-order valence-electron chi connectivity index (χ4n) is 2.33. The van der Waals surface area contributed by atoms with E-state index in [9.17, 15) is 19.2 Å². The van der Waals surface area contributed by atoms with Crippen LogP contribution in [-0.2, 0) is 23.7 Å². The molecule has 1 aromatic rings. The molecule has 0 unspecified atom stereocenters. The zero-order valence-electron chi connectivity index (χ0n) is 13.8. The topological polar surface area (TPSA) is 135 Å². The van der Waals surface area contributed by atoms with E-state index in [4.69, 9.17) is 14.2 Å². The van der Waals surface area contributed by atoms with Crippen LogP contribution in [0.3, 0.4) is 0 Å². The first-order valence-corrected chi connectivity index (χ1v) is 7.28. The summed E-state index contributed by atoms with van der Waals surface area (Å²) in [7, 11) is 2.29. The molecule has 0 saturated carbocycles. The van der Waals surface area contributed by atoms with Crippen LogP contribution in [0.1, 0.15) is 18.2 Å². The van der Waals surface area contributed by atoms with E-state index in [1.54, 1.807) is 0 Å². The molecule has 138 valence electrons. The number of carbonyl (C=O) groups excluding carboxylic acids is 2. The molecule has 25 heavy (non-hydrogen) atoms. The van der Waals surface area contributed by atoms with E-state index in [0.717, 1.165) is 14.2 Å². The number of carbonyl (C=O) groups is 2. The van der Waals surface area contributed by atoms with Crippen molar-refractivity contribution in [2.45, 2.75) is 31.8 Å². The minimum absolute atomic E-state index is 0.0929. The molecule has 11 nitrogen and oxygen atoms in total. The third-order valence-corrected chi connectivity index (χ3v) is 3.58. The number of hydrogen-bond donors (Lipinski definition) is 1. The fourth-order valence-corrected chi connectivity index (χ4v) is 2.33. The molecule has 0 aliphatic carbocycles. The van der Waals surface area contributed by atoms with Gasteiger partial charge in [0.05, 0.1) is 14.2 Å². The maximum atomic E-state index is 12.0. The Kier molecular flexibility index (Phi) is 5.80. The molecule has 0 spiro atoms. The molecular formula is C14H18N2O9. The van der Waals surface area contributed by atoms with Gasteiger partial charge in [-0.25, -0.2) is 14.4 Å². The van der Waals surface area contributed by atoms with Gasteiger partial charge in [-0.05, 0) is 6.92 Å². The number of H-pyrrole nitrogens is 1. The summed E-state index contributed by atoms with van der Waals surface area (Å²) in [5.74, 6) is 0. The van der Waals surface area contributed by atoms with Crippen LogP contribution in [-0.4, -0.2) is 54.9 Å². The lowest BCUT2D eigenvalue weighted by molar-refractivity contribution is -0.0644. The van der Waals surface area contributed by atoms with Gasteiger partial charge in [0.25, 0.3) is 5.56 Å². The van der Waals surface area contributed by atoms with Gasteiger partial charge in [-0.3, -0.25) is 14.3 Å². The molecule has 1 saturated heterocycles. The van der Waals surface area contributed by atoms with E-state index in [0.29, 0.717) is 5.56 Å². The van der Waals surface area contributed by atoms with Crippen molar-refractivity contribution in [1.29, 1.82) is 0 Å². The Morgan fingerprint density at radius 3 is 2.60 bits per heavy atom. The SMILES string of the molecule is COC(=O)OC[C@H]1O[C@@H](n2cc(C)c(=O)[nH]c2=O)C[C@@H]1OC(=O)OC. The van der Waals surface area contributed by atoms with Gasteiger partial charge in [-0.15, -0.1) is 0 Å². The largest absolute Gasteiger partial charge is 0.508 e. The number of aryl methyl sites for hydroxylation is 1. The number of methoxy groups -OCH3 is 2. The molecule has 0 amide bonds. The van der Waals surface area contributed by atoms with Crippen molar-refractivity contribution < 1.29 is 33.3 Å². The van der Waals surface area contributed by atoms with Crippen LogP contribution in [0.4, 0.5) is 9.59 Å². The molecule has 0 bridgehead atoms. The Bertz CT molecular complexity index is 753. The molecule has 1 aromatic heterocycles. The Morgan fingerprint density at radius 2 is 1.96 bits per heavy atom. The summed E-state index contributed by atoms with van der Waals surface area (Å²) >= 11 is 0. The quantitative estimate of drug-likeness (QED) is 0.741. The summed E-state index contributed by atoms with van der Waals surface area (Å²) in [4.78, 5) is 48.1. The number of hydrogen-bond acceptors (Lipinski definition) is 9. The molecular weight excluding hydrogens is 340 g/mol. The minimum atomic E-state index is -0.942. The van der Waals surface area contributed by atoms with Gasteiger partial charge in [0.15, 0.2) is 0 Å². The zero-order valence-corrected chi connectivity index (χ0v) is 13.8. The van der Waals surface area contributed by atoms with Crippen molar-refractivity contribution in [1.82, 2.24) is 9.55 Å². The van der Waals surface area contributed by atoms with E-state index < -0.39 is 42.0 Å². The van der Waals surface area contributed by atoms with Crippen molar-refractivity contribution in [2.24, 2.45) is 0 Å². The second-order valence-electron chi connectivity index (χ2n) is 5.22. The lowest BCUT2D eigenvalue weighted by atomic mass is 10.2. The van der Waals surface area contributed by atoms with Crippen molar-refractivity contribution >= 4 is 12.3 Å². The Hall–Kier alpha value is -2.82. The van der Waals surface area contributed by atoms with Gasteiger partial charge in [0.2, 0.25) is 0 Å². The highest BCUT2D eigenvalue weighted by atomic mass is 16.7. The maximum absolute atomic E-state index is 12.0. The molecule has 1 aliphatic rings. The molecule has 1 N–H and O–H groups in total. The zero-order chi connectivity index (χ0) is 18.6. The van der Waals surface area contributed by atoms with Crippen LogP contribution in [0.15, 0.2) is 15.8 Å². The molecule has 1 fully saturated rings. The third kappa shape index (κ3) is 4.38. The summed E-state index contributed by atoms with van der Waals surface area (Å²) in [6.45, 7) is 1.27. The second kappa shape index (κ2) is 7.83. The Balaban J connectivity index is 2.20. The van der Waals surface area contributed by atoms with Crippen LogP contribution in [0.25, 0.3) is 0 Å². The number of nitrogens with zero attached hydrogens (tertiary/aromatic N) is 1. The number of ether oxygens (including phenoxy) is 5. The van der Waals surface area contributed by atoms with Crippen LogP contribution in [0, 0.1) is 6.92 Å². The van der Waals surface area contributed by atoms with E-state index in [-0.39, 0.29) is 13.0 Å². The van der Waals surface area contributed by atoms with E-state index >= 15 is 0 Å². The number of rotatable bonds is 4. The highest BCUT2D eigenvalue weighted by molar-refractivity contribution is 5.60. The standard InChI is InChI=1S/C14H18N2O9/c1-7-5-16(12(18)15-11(7)17)10-4-8(25-14(20)22-3)9(24-10)6-23-13(19)21-2/h5,8-10H,4,6H2,1-3H3,(H,15,17,18)/t8-,9+,10+/m0/s1. The highest BCUT2D eigenvalue weighted by Crippen LogP contribution is 2.30. The van der Waals surface area contributed by atoms with Crippen molar-refractivity contribution in [2.75, 3.05) is 20.8 Å². The average molecular weight is 358 g/mol. The molecule has 3 atom stereocenters.